The van der Waals surface area contributed by atoms with Gasteiger partial charge in [-0.25, -0.2) is 4.79 Å². The van der Waals surface area contributed by atoms with Gasteiger partial charge in [0.1, 0.15) is 5.75 Å². The van der Waals surface area contributed by atoms with Crippen LogP contribution in [0.2, 0.25) is 5.02 Å². The molecule has 1 atom stereocenters. The second-order valence-electron chi connectivity index (χ2n) is 8.56. The molecule has 9 heteroatoms. The predicted molar refractivity (Wildman–Crippen MR) is 134 cm³/mol. The zero-order valence-corrected chi connectivity index (χ0v) is 20.9. The topological polar surface area (TPSA) is 99.6 Å². The van der Waals surface area contributed by atoms with Gasteiger partial charge in [0.2, 0.25) is 5.82 Å². The van der Waals surface area contributed by atoms with Crippen LogP contribution in [0.5, 0.6) is 5.75 Å². The van der Waals surface area contributed by atoms with E-state index in [0.29, 0.717) is 47.5 Å². The zero-order valence-electron chi connectivity index (χ0n) is 20.1. The highest BCUT2D eigenvalue weighted by molar-refractivity contribution is 6.32. The molecule has 0 saturated heterocycles. The van der Waals surface area contributed by atoms with E-state index in [1.165, 1.54) is 0 Å². The number of aryl methyl sites for hydroxylation is 1. The van der Waals surface area contributed by atoms with Gasteiger partial charge in [-0.1, -0.05) is 35.8 Å². The number of hydrogen-bond donors (Lipinski definition) is 1. The van der Waals surface area contributed by atoms with Crippen LogP contribution in [-0.4, -0.2) is 44.6 Å². The summed E-state index contributed by atoms with van der Waals surface area (Å²) >= 11 is 6.38. The number of rotatable bonds is 10. The molecule has 0 bridgehead atoms. The summed E-state index contributed by atoms with van der Waals surface area (Å²) in [5, 5.41) is 14.9. The fraction of sp³-hybridized carbons (Fsp3) is 0.346. The third kappa shape index (κ3) is 5.33. The molecule has 8 nitrogen and oxygen atoms in total. The Morgan fingerprint density at radius 1 is 1.26 bits per heavy atom. The molecule has 0 aliphatic heterocycles. The summed E-state index contributed by atoms with van der Waals surface area (Å²) in [4.78, 5) is 15.8. The minimum Gasteiger partial charge on any atom is -0.489 e. The molecular weight excluding hydrogens is 470 g/mol. The Bertz CT molecular complexity index is 1340. The molecule has 0 saturated carbocycles. The molecule has 0 aliphatic rings. The Hall–Kier alpha value is -3.36. The van der Waals surface area contributed by atoms with Gasteiger partial charge in [-0.3, -0.25) is 0 Å². The lowest BCUT2D eigenvalue weighted by Gasteiger charge is -2.11. The van der Waals surface area contributed by atoms with Crippen LogP contribution < -0.4 is 4.74 Å². The van der Waals surface area contributed by atoms with Crippen molar-refractivity contribution in [1.82, 2.24) is 14.7 Å². The average molecular weight is 498 g/mol. The van der Waals surface area contributed by atoms with Crippen LogP contribution in [0, 0.1) is 0 Å². The number of para-hydroxylation sites is 1. The highest BCUT2D eigenvalue weighted by atomic mass is 35.5. The Morgan fingerprint density at radius 2 is 2.06 bits per heavy atom. The molecule has 1 N–H and O–H groups in total. The van der Waals surface area contributed by atoms with Crippen molar-refractivity contribution in [2.24, 2.45) is 7.05 Å². The van der Waals surface area contributed by atoms with E-state index in [-0.39, 0.29) is 6.10 Å². The van der Waals surface area contributed by atoms with Gasteiger partial charge in [0.05, 0.1) is 23.3 Å². The fourth-order valence-electron chi connectivity index (χ4n) is 4.04. The number of aromatic nitrogens is 3. The summed E-state index contributed by atoms with van der Waals surface area (Å²) in [5.41, 5.74) is 3.54. The van der Waals surface area contributed by atoms with Crippen molar-refractivity contribution in [3.8, 4) is 28.6 Å². The maximum absolute atomic E-state index is 11.2. The van der Waals surface area contributed by atoms with Gasteiger partial charge < -0.3 is 23.7 Å². The number of carboxylic acids is 1. The maximum atomic E-state index is 11.2. The number of halogens is 1. The van der Waals surface area contributed by atoms with Crippen molar-refractivity contribution in [2.45, 2.75) is 45.8 Å². The number of carbonyl (C=O) groups is 1. The lowest BCUT2D eigenvalue weighted by atomic mass is 10.1. The zero-order chi connectivity index (χ0) is 25.1. The second-order valence-corrected chi connectivity index (χ2v) is 8.97. The van der Waals surface area contributed by atoms with Crippen molar-refractivity contribution in [3.63, 3.8) is 0 Å². The summed E-state index contributed by atoms with van der Waals surface area (Å²) in [7, 11) is 1.95. The molecule has 0 radical (unpaired) electrons. The highest BCUT2D eigenvalue weighted by Gasteiger charge is 2.19. The van der Waals surface area contributed by atoms with E-state index in [1.807, 2.05) is 55.9 Å². The summed E-state index contributed by atoms with van der Waals surface area (Å²) in [5.74, 6) is 0.482. The summed E-state index contributed by atoms with van der Waals surface area (Å²) in [6.07, 6.45) is 2.26. The van der Waals surface area contributed by atoms with Crippen LogP contribution in [0.15, 0.2) is 47.1 Å². The molecule has 0 amide bonds. The Kier molecular flexibility index (Phi) is 7.42. The fourth-order valence-corrected chi connectivity index (χ4v) is 4.26. The quantitative estimate of drug-likeness (QED) is 0.297. The molecular formula is C26H28ClN3O5. The minimum absolute atomic E-state index is 0.0147. The van der Waals surface area contributed by atoms with Gasteiger partial charge in [-0.05, 0) is 56.5 Å². The number of carboxylic acid groups (broad SMARTS) is 1. The van der Waals surface area contributed by atoms with Gasteiger partial charge in [0.25, 0.3) is 5.89 Å². The monoisotopic (exact) mass is 497 g/mol. The SMILES string of the molecule is CCC(OCCc1cn(C)c2c(-c3noc(-c4ccc(OC(C)C)c(Cl)c4)n3)cccc12)C(=O)O. The Labute approximate surface area is 208 Å². The van der Waals surface area contributed by atoms with Crippen LogP contribution in [0.3, 0.4) is 0 Å². The van der Waals surface area contributed by atoms with Gasteiger partial charge >= 0.3 is 5.97 Å². The maximum Gasteiger partial charge on any atom is 0.332 e. The predicted octanol–water partition coefficient (Wildman–Crippen LogP) is 5.76. The number of fused-ring (bicyclic) bond motifs is 1. The lowest BCUT2D eigenvalue weighted by molar-refractivity contribution is -0.150. The molecule has 184 valence electrons. The van der Waals surface area contributed by atoms with Gasteiger partial charge in [0.15, 0.2) is 6.10 Å². The van der Waals surface area contributed by atoms with E-state index < -0.39 is 12.1 Å². The molecule has 2 heterocycles. The molecule has 0 spiro atoms. The lowest BCUT2D eigenvalue weighted by Crippen LogP contribution is -2.23. The number of aliphatic carboxylic acids is 1. The summed E-state index contributed by atoms with van der Waals surface area (Å²) in [6.45, 7) is 5.99. The Balaban J connectivity index is 1.60. The standard InChI is InChI=1S/C26H28ClN3O5/c1-5-21(26(31)32)33-12-11-17-14-30(4)23-18(17)7-6-8-19(23)24-28-25(35-29-24)16-9-10-22(20(27)13-16)34-15(2)3/h6-10,13-15,21H,5,11-12H2,1-4H3,(H,31,32). The number of nitrogens with zero attached hydrogens (tertiary/aromatic N) is 3. The first-order chi connectivity index (χ1) is 16.8. The normalized spacial score (nSPS) is 12.4. The van der Waals surface area contributed by atoms with Crippen LogP contribution in [0.25, 0.3) is 33.7 Å². The van der Waals surface area contributed by atoms with E-state index in [1.54, 1.807) is 19.1 Å². The van der Waals surface area contributed by atoms with Crippen LogP contribution in [-0.2, 0) is 23.0 Å². The van der Waals surface area contributed by atoms with E-state index >= 15 is 0 Å². The molecule has 4 rings (SSSR count). The molecule has 0 aliphatic carbocycles. The first-order valence-electron chi connectivity index (χ1n) is 11.5. The smallest absolute Gasteiger partial charge is 0.332 e. The average Bonchev–Trinajstić information content (AvgIpc) is 3.43. The molecule has 1 unspecified atom stereocenters. The van der Waals surface area contributed by atoms with Crippen molar-refractivity contribution in [2.75, 3.05) is 6.61 Å². The van der Waals surface area contributed by atoms with Crippen molar-refractivity contribution in [1.29, 1.82) is 0 Å². The van der Waals surface area contributed by atoms with Gasteiger partial charge in [-0.2, -0.15) is 4.98 Å². The van der Waals surface area contributed by atoms with Crippen LogP contribution in [0.1, 0.15) is 32.8 Å². The van der Waals surface area contributed by atoms with Crippen LogP contribution >= 0.6 is 11.6 Å². The minimum atomic E-state index is -0.941. The molecule has 35 heavy (non-hydrogen) atoms. The number of hydrogen-bond acceptors (Lipinski definition) is 6. The number of benzene rings is 2. The van der Waals surface area contributed by atoms with E-state index in [9.17, 15) is 9.90 Å². The summed E-state index contributed by atoms with van der Waals surface area (Å²) < 4.78 is 18.8. The molecule has 4 aromatic rings. The summed E-state index contributed by atoms with van der Waals surface area (Å²) in [6, 6.07) is 11.3. The molecule has 2 aromatic heterocycles. The molecule has 0 fully saturated rings. The number of ether oxygens (including phenoxy) is 2. The van der Waals surface area contributed by atoms with Gasteiger partial charge in [-0.15, -0.1) is 0 Å². The van der Waals surface area contributed by atoms with E-state index in [0.717, 1.165) is 22.0 Å². The molecule has 2 aromatic carbocycles. The van der Waals surface area contributed by atoms with E-state index in [4.69, 9.17) is 25.6 Å². The first kappa shape index (κ1) is 24.8. The van der Waals surface area contributed by atoms with Crippen LogP contribution in [0.4, 0.5) is 0 Å². The largest absolute Gasteiger partial charge is 0.489 e. The van der Waals surface area contributed by atoms with Crippen molar-refractivity contribution >= 4 is 28.5 Å². The van der Waals surface area contributed by atoms with E-state index in [2.05, 4.69) is 10.1 Å². The second kappa shape index (κ2) is 10.5. The first-order valence-corrected chi connectivity index (χ1v) is 11.9. The third-order valence-electron chi connectivity index (χ3n) is 5.63. The van der Waals surface area contributed by atoms with Crippen molar-refractivity contribution < 1.29 is 23.9 Å². The highest BCUT2D eigenvalue weighted by Crippen LogP contribution is 2.34. The van der Waals surface area contributed by atoms with Gasteiger partial charge in [0, 0.05) is 29.8 Å². The Morgan fingerprint density at radius 3 is 2.74 bits per heavy atom. The van der Waals surface area contributed by atoms with Crippen molar-refractivity contribution in [3.05, 3.63) is 53.2 Å². The third-order valence-corrected chi connectivity index (χ3v) is 5.92.